The van der Waals surface area contributed by atoms with Crippen LogP contribution in [0.25, 0.3) is 0 Å². The Balaban J connectivity index is 1.69. The van der Waals surface area contributed by atoms with Gasteiger partial charge in [0.05, 0.1) is 18.2 Å². The summed E-state index contributed by atoms with van der Waals surface area (Å²) in [4.78, 5) is 12.2. The Morgan fingerprint density at radius 1 is 1.44 bits per heavy atom. The average molecular weight is 241 g/mol. The zero-order valence-electron chi connectivity index (χ0n) is 10.3. The van der Waals surface area contributed by atoms with E-state index >= 15 is 0 Å². The highest BCUT2D eigenvalue weighted by Crippen LogP contribution is 2.25. The van der Waals surface area contributed by atoms with Crippen LogP contribution in [0.3, 0.4) is 0 Å². The fourth-order valence-corrected chi connectivity index (χ4v) is 2.35. The molecule has 0 spiro atoms. The van der Waals surface area contributed by atoms with E-state index in [1.54, 1.807) is 4.68 Å². The summed E-state index contributed by atoms with van der Waals surface area (Å²) in [7, 11) is 1.86. The molecule has 18 heavy (non-hydrogen) atoms. The molecule has 0 aliphatic carbocycles. The molecule has 4 heteroatoms. The van der Waals surface area contributed by atoms with Gasteiger partial charge in [-0.25, -0.2) is 0 Å². The van der Waals surface area contributed by atoms with E-state index in [1.165, 1.54) is 5.56 Å². The van der Waals surface area contributed by atoms with E-state index in [0.717, 1.165) is 17.8 Å². The number of carbonyl (C=O) groups is 1. The van der Waals surface area contributed by atoms with E-state index in [-0.39, 0.29) is 11.8 Å². The lowest BCUT2D eigenvalue weighted by molar-refractivity contribution is -0.119. The van der Waals surface area contributed by atoms with Crippen molar-refractivity contribution in [3.63, 3.8) is 0 Å². The molecule has 0 fully saturated rings. The first-order valence-corrected chi connectivity index (χ1v) is 6.08. The first kappa shape index (κ1) is 11.0. The molecule has 2 aromatic rings. The highest BCUT2D eigenvalue weighted by molar-refractivity contribution is 5.90. The van der Waals surface area contributed by atoms with Gasteiger partial charge in [0.15, 0.2) is 5.78 Å². The van der Waals surface area contributed by atoms with Crippen molar-refractivity contribution >= 4 is 11.5 Å². The zero-order valence-corrected chi connectivity index (χ0v) is 10.3. The molecular weight excluding hydrogens is 226 g/mol. The number of hydrogen-bond acceptors (Lipinski definition) is 3. The molecule has 1 aliphatic heterocycles. The van der Waals surface area contributed by atoms with Gasteiger partial charge >= 0.3 is 0 Å². The van der Waals surface area contributed by atoms with Crippen LogP contribution in [0.4, 0.5) is 5.69 Å². The van der Waals surface area contributed by atoms with Gasteiger partial charge < -0.3 is 5.32 Å². The van der Waals surface area contributed by atoms with Crippen LogP contribution in [0, 0.1) is 0 Å². The van der Waals surface area contributed by atoms with Gasteiger partial charge in [-0.2, -0.15) is 5.10 Å². The number of carbonyl (C=O) groups excluding carboxylic acids is 1. The molecule has 1 atom stereocenters. The number of Topliss-reactive ketones (excluding diaryl/α,β-unsaturated/α-hetero) is 1. The Morgan fingerprint density at radius 2 is 2.28 bits per heavy atom. The molecule has 0 saturated heterocycles. The molecule has 0 saturated carbocycles. The molecule has 1 N–H and O–H groups in total. The van der Waals surface area contributed by atoms with Gasteiger partial charge in [0.25, 0.3) is 0 Å². The van der Waals surface area contributed by atoms with Gasteiger partial charge in [-0.15, -0.1) is 0 Å². The van der Waals surface area contributed by atoms with Crippen LogP contribution < -0.4 is 5.32 Å². The minimum Gasteiger partial charge on any atom is -0.375 e. The molecule has 4 nitrogen and oxygen atoms in total. The number of rotatable bonds is 3. The van der Waals surface area contributed by atoms with Crippen molar-refractivity contribution in [3.05, 3.63) is 47.8 Å². The number of hydrogen-bond donors (Lipinski definition) is 1. The topological polar surface area (TPSA) is 46.9 Å². The quantitative estimate of drug-likeness (QED) is 0.887. The molecule has 1 unspecified atom stereocenters. The van der Waals surface area contributed by atoms with E-state index in [9.17, 15) is 4.79 Å². The third-order valence-electron chi connectivity index (χ3n) is 3.28. The van der Waals surface area contributed by atoms with Crippen molar-refractivity contribution in [2.75, 3.05) is 5.32 Å². The van der Waals surface area contributed by atoms with Crippen molar-refractivity contribution in [1.82, 2.24) is 9.78 Å². The van der Waals surface area contributed by atoms with E-state index in [0.29, 0.717) is 6.42 Å². The molecule has 0 bridgehead atoms. The summed E-state index contributed by atoms with van der Waals surface area (Å²) in [5, 5.41) is 7.52. The van der Waals surface area contributed by atoms with Gasteiger partial charge in [0.1, 0.15) is 0 Å². The van der Waals surface area contributed by atoms with Crippen LogP contribution in [0.15, 0.2) is 36.5 Å². The van der Waals surface area contributed by atoms with E-state index in [2.05, 4.69) is 16.5 Å². The fraction of sp³-hybridized carbons (Fsp3) is 0.286. The predicted octanol–water partition coefficient (Wildman–Crippen LogP) is 1.57. The minimum atomic E-state index is -0.107. The second-order valence-electron chi connectivity index (χ2n) is 4.68. The molecule has 92 valence electrons. The van der Waals surface area contributed by atoms with Crippen molar-refractivity contribution in [2.45, 2.75) is 18.9 Å². The van der Waals surface area contributed by atoms with Crippen LogP contribution in [-0.2, 0) is 24.7 Å². The number of ketones is 1. The Labute approximate surface area is 106 Å². The highest BCUT2D eigenvalue weighted by Gasteiger charge is 2.26. The molecule has 0 radical (unpaired) electrons. The van der Waals surface area contributed by atoms with Gasteiger partial charge in [0, 0.05) is 25.4 Å². The SMILES string of the molecule is Cn1ccc(CC(=O)C2Cc3ccccc3N2)n1. The maximum absolute atomic E-state index is 12.2. The number of fused-ring (bicyclic) bond motifs is 1. The average Bonchev–Trinajstić information content (AvgIpc) is 2.95. The lowest BCUT2D eigenvalue weighted by Gasteiger charge is -2.08. The highest BCUT2D eigenvalue weighted by atomic mass is 16.1. The van der Waals surface area contributed by atoms with Gasteiger partial charge in [-0.05, 0) is 17.7 Å². The van der Waals surface area contributed by atoms with Crippen LogP contribution >= 0.6 is 0 Å². The molecule has 1 aromatic carbocycles. The third kappa shape index (κ3) is 2.01. The molecule has 1 aromatic heterocycles. The monoisotopic (exact) mass is 241 g/mol. The normalized spacial score (nSPS) is 17.3. The summed E-state index contributed by atoms with van der Waals surface area (Å²) in [6.45, 7) is 0. The van der Waals surface area contributed by atoms with Crippen LogP contribution in [0.1, 0.15) is 11.3 Å². The third-order valence-corrected chi connectivity index (χ3v) is 3.28. The van der Waals surface area contributed by atoms with Crippen LogP contribution in [0.5, 0.6) is 0 Å². The van der Waals surface area contributed by atoms with Crippen LogP contribution in [0.2, 0.25) is 0 Å². The smallest absolute Gasteiger partial charge is 0.161 e. The summed E-state index contributed by atoms with van der Waals surface area (Å²) in [5.74, 6) is 0.199. The summed E-state index contributed by atoms with van der Waals surface area (Å²) in [6, 6.07) is 9.85. The maximum atomic E-state index is 12.2. The van der Waals surface area contributed by atoms with Crippen LogP contribution in [-0.4, -0.2) is 21.6 Å². The molecule has 1 aliphatic rings. The first-order chi connectivity index (χ1) is 8.72. The van der Waals surface area contributed by atoms with Gasteiger partial charge in [0.2, 0.25) is 0 Å². The lowest BCUT2D eigenvalue weighted by atomic mass is 10.0. The Hall–Kier alpha value is -2.10. The summed E-state index contributed by atoms with van der Waals surface area (Å²) in [6.07, 6.45) is 3.04. The number of aromatic nitrogens is 2. The second kappa shape index (κ2) is 4.29. The number of nitrogens with zero attached hydrogens (tertiary/aromatic N) is 2. The summed E-state index contributed by atoms with van der Waals surface area (Å²) < 4.78 is 1.72. The van der Waals surface area contributed by atoms with E-state index in [1.807, 2.05) is 37.5 Å². The lowest BCUT2D eigenvalue weighted by Crippen LogP contribution is -2.28. The maximum Gasteiger partial charge on any atom is 0.161 e. The summed E-state index contributed by atoms with van der Waals surface area (Å²) >= 11 is 0. The standard InChI is InChI=1S/C14H15N3O/c1-17-7-6-11(16-17)9-14(18)13-8-10-4-2-3-5-12(10)15-13/h2-7,13,15H,8-9H2,1H3. The van der Waals surface area contributed by atoms with Gasteiger partial charge in [-0.3, -0.25) is 9.48 Å². The fourth-order valence-electron chi connectivity index (χ4n) is 2.35. The molecule has 0 amide bonds. The molecule has 3 rings (SSSR count). The second-order valence-corrected chi connectivity index (χ2v) is 4.68. The molecular formula is C14H15N3O. The zero-order chi connectivity index (χ0) is 12.5. The molecule has 2 heterocycles. The summed E-state index contributed by atoms with van der Waals surface area (Å²) in [5.41, 5.74) is 3.13. The van der Waals surface area contributed by atoms with E-state index in [4.69, 9.17) is 0 Å². The number of para-hydroxylation sites is 1. The Morgan fingerprint density at radius 3 is 3.00 bits per heavy atom. The predicted molar refractivity (Wildman–Crippen MR) is 69.5 cm³/mol. The Bertz CT molecular complexity index is 563. The largest absolute Gasteiger partial charge is 0.375 e. The number of aryl methyl sites for hydroxylation is 1. The number of nitrogens with one attached hydrogen (secondary N) is 1. The van der Waals surface area contributed by atoms with Crippen molar-refractivity contribution < 1.29 is 4.79 Å². The number of anilines is 1. The van der Waals surface area contributed by atoms with E-state index < -0.39 is 0 Å². The Kier molecular flexibility index (Phi) is 2.63. The van der Waals surface area contributed by atoms with Gasteiger partial charge in [-0.1, -0.05) is 18.2 Å². The van der Waals surface area contributed by atoms with Crippen molar-refractivity contribution in [1.29, 1.82) is 0 Å². The van der Waals surface area contributed by atoms with Crippen molar-refractivity contribution in [2.24, 2.45) is 7.05 Å². The first-order valence-electron chi connectivity index (χ1n) is 6.08. The number of benzene rings is 1. The minimum absolute atomic E-state index is 0.107. The van der Waals surface area contributed by atoms with Crippen molar-refractivity contribution in [3.8, 4) is 0 Å².